The van der Waals surface area contributed by atoms with Crippen LogP contribution in [0.4, 0.5) is 5.69 Å². The zero-order chi connectivity index (χ0) is 15.0. The molecule has 1 heterocycles. The van der Waals surface area contributed by atoms with Gasteiger partial charge in [-0.25, -0.2) is 0 Å². The first-order valence-electron chi connectivity index (χ1n) is 5.85. The number of nitrogens with two attached hydrogens (primary N) is 1. The van der Waals surface area contributed by atoms with E-state index >= 15 is 0 Å². The highest BCUT2D eigenvalue weighted by Gasteiger charge is 2.14. The van der Waals surface area contributed by atoms with Crippen molar-refractivity contribution in [1.29, 1.82) is 0 Å². The number of tetrazole rings is 1. The molecule has 0 unspecified atom stereocenters. The molecular formula is C13H8BrCl2N5. The molecule has 0 aliphatic rings. The van der Waals surface area contributed by atoms with Gasteiger partial charge in [0.05, 0.1) is 15.7 Å². The first-order valence-corrected chi connectivity index (χ1v) is 7.40. The fraction of sp³-hybridized carbons (Fsp3) is 0. The van der Waals surface area contributed by atoms with E-state index in [1.807, 2.05) is 12.1 Å². The van der Waals surface area contributed by atoms with E-state index in [0.29, 0.717) is 27.1 Å². The number of aromatic nitrogens is 4. The van der Waals surface area contributed by atoms with Gasteiger partial charge >= 0.3 is 0 Å². The maximum atomic E-state index is 6.21. The molecule has 0 spiro atoms. The van der Waals surface area contributed by atoms with Crippen LogP contribution in [0.1, 0.15) is 0 Å². The van der Waals surface area contributed by atoms with Crippen LogP contribution in [0.2, 0.25) is 10.0 Å². The zero-order valence-electron chi connectivity index (χ0n) is 10.5. The minimum Gasteiger partial charge on any atom is -0.399 e. The average molecular weight is 385 g/mol. The molecule has 0 amide bonds. The third kappa shape index (κ3) is 2.74. The fourth-order valence-corrected chi connectivity index (χ4v) is 2.55. The zero-order valence-corrected chi connectivity index (χ0v) is 13.6. The van der Waals surface area contributed by atoms with Crippen molar-refractivity contribution in [2.24, 2.45) is 0 Å². The molecule has 106 valence electrons. The molecule has 3 aromatic rings. The summed E-state index contributed by atoms with van der Waals surface area (Å²) in [6.07, 6.45) is 0. The van der Waals surface area contributed by atoms with Crippen molar-refractivity contribution in [3.05, 3.63) is 50.9 Å². The quantitative estimate of drug-likeness (QED) is 0.678. The standard InChI is InChI=1S/C13H8BrCl2N5/c14-10-4-2-8(6-12(10)16)21-13(18-19-20-21)9-3-1-7(17)5-11(9)15/h1-6H,17H2. The third-order valence-electron chi connectivity index (χ3n) is 2.85. The topological polar surface area (TPSA) is 69.6 Å². The van der Waals surface area contributed by atoms with Gasteiger partial charge in [-0.05, 0) is 62.8 Å². The van der Waals surface area contributed by atoms with Gasteiger partial charge in [-0.15, -0.1) is 5.10 Å². The van der Waals surface area contributed by atoms with E-state index in [1.54, 1.807) is 28.9 Å². The minimum absolute atomic E-state index is 0.481. The lowest BCUT2D eigenvalue weighted by Gasteiger charge is -2.07. The largest absolute Gasteiger partial charge is 0.399 e. The molecule has 8 heteroatoms. The molecule has 0 radical (unpaired) electrons. The van der Waals surface area contributed by atoms with E-state index in [1.165, 1.54) is 0 Å². The third-order valence-corrected chi connectivity index (χ3v) is 4.40. The van der Waals surface area contributed by atoms with Gasteiger partial charge in [0.15, 0.2) is 5.82 Å². The van der Waals surface area contributed by atoms with E-state index in [2.05, 4.69) is 31.5 Å². The number of hydrogen-bond acceptors (Lipinski definition) is 4. The van der Waals surface area contributed by atoms with E-state index in [9.17, 15) is 0 Å². The number of nitrogen functional groups attached to an aromatic ring is 1. The normalized spacial score (nSPS) is 10.8. The van der Waals surface area contributed by atoms with Crippen LogP contribution in [0.3, 0.4) is 0 Å². The average Bonchev–Trinajstić information content (AvgIpc) is 2.91. The predicted octanol–water partition coefficient (Wildman–Crippen LogP) is 3.98. The molecule has 0 bridgehead atoms. The summed E-state index contributed by atoms with van der Waals surface area (Å²) in [4.78, 5) is 0. The molecule has 2 N–H and O–H groups in total. The Kier molecular flexibility index (Phi) is 3.84. The second-order valence-corrected chi connectivity index (χ2v) is 5.92. The molecule has 0 atom stereocenters. The lowest BCUT2D eigenvalue weighted by Crippen LogP contribution is -2.00. The molecule has 0 fully saturated rings. The van der Waals surface area contributed by atoms with Crippen molar-refractivity contribution < 1.29 is 0 Å². The molecule has 0 saturated carbocycles. The highest BCUT2D eigenvalue weighted by Crippen LogP contribution is 2.30. The van der Waals surface area contributed by atoms with E-state index < -0.39 is 0 Å². The van der Waals surface area contributed by atoms with Crippen molar-refractivity contribution in [2.75, 3.05) is 5.73 Å². The summed E-state index contributed by atoms with van der Waals surface area (Å²) in [7, 11) is 0. The number of benzene rings is 2. The minimum atomic E-state index is 0.481. The van der Waals surface area contributed by atoms with Crippen LogP contribution < -0.4 is 5.73 Å². The summed E-state index contributed by atoms with van der Waals surface area (Å²) in [5.41, 5.74) is 7.70. The first kappa shape index (κ1) is 14.3. The van der Waals surface area contributed by atoms with Crippen LogP contribution in [0.15, 0.2) is 40.9 Å². The van der Waals surface area contributed by atoms with Gasteiger partial charge in [-0.3, -0.25) is 0 Å². The lowest BCUT2D eigenvalue weighted by atomic mass is 10.2. The Morgan fingerprint density at radius 2 is 1.86 bits per heavy atom. The second kappa shape index (κ2) is 5.63. The number of rotatable bonds is 2. The molecular weight excluding hydrogens is 377 g/mol. The lowest BCUT2D eigenvalue weighted by molar-refractivity contribution is 0.791. The van der Waals surface area contributed by atoms with Crippen molar-refractivity contribution in [1.82, 2.24) is 20.2 Å². The highest BCUT2D eigenvalue weighted by atomic mass is 79.9. The summed E-state index contributed by atoms with van der Waals surface area (Å²) in [5, 5.41) is 12.8. The van der Waals surface area contributed by atoms with Gasteiger partial charge in [0, 0.05) is 15.7 Å². The van der Waals surface area contributed by atoms with Crippen molar-refractivity contribution >= 4 is 44.8 Å². The fourth-order valence-electron chi connectivity index (χ4n) is 1.86. The summed E-state index contributed by atoms with van der Waals surface area (Å²) in [5.74, 6) is 0.512. The first-order chi connectivity index (χ1) is 10.1. The Labute approximate surface area is 138 Å². The molecule has 0 aliphatic heterocycles. The van der Waals surface area contributed by atoms with Crippen molar-refractivity contribution in [3.63, 3.8) is 0 Å². The van der Waals surface area contributed by atoms with E-state index in [0.717, 1.165) is 10.2 Å². The molecule has 0 saturated heterocycles. The monoisotopic (exact) mass is 383 g/mol. The highest BCUT2D eigenvalue weighted by molar-refractivity contribution is 9.10. The van der Waals surface area contributed by atoms with Crippen LogP contribution in [0.25, 0.3) is 17.1 Å². The maximum absolute atomic E-state index is 6.21. The number of halogens is 3. The number of nitrogens with zero attached hydrogens (tertiary/aromatic N) is 4. The van der Waals surface area contributed by atoms with Crippen molar-refractivity contribution in [3.8, 4) is 17.1 Å². The van der Waals surface area contributed by atoms with E-state index in [-0.39, 0.29) is 0 Å². The van der Waals surface area contributed by atoms with Gasteiger partial charge < -0.3 is 5.73 Å². The molecule has 3 rings (SSSR count). The van der Waals surface area contributed by atoms with E-state index in [4.69, 9.17) is 28.9 Å². The molecule has 2 aromatic carbocycles. The van der Waals surface area contributed by atoms with Gasteiger partial charge in [0.1, 0.15) is 0 Å². The van der Waals surface area contributed by atoms with Crippen molar-refractivity contribution in [2.45, 2.75) is 0 Å². The SMILES string of the molecule is Nc1ccc(-c2nnnn2-c2ccc(Br)c(Cl)c2)c(Cl)c1. The van der Waals surface area contributed by atoms with Gasteiger partial charge in [0.2, 0.25) is 0 Å². The Hall–Kier alpha value is -1.63. The van der Waals surface area contributed by atoms with Gasteiger partial charge in [-0.1, -0.05) is 23.2 Å². The summed E-state index contributed by atoms with van der Waals surface area (Å²) in [6.45, 7) is 0. The molecule has 1 aromatic heterocycles. The number of anilines is 1. The molecule has 5 nitrogen and oxygen atoms in total. The summed E-state index contributed by atoms with van der Waals surface area (Å²) >= 11 is 15.7. The summed E-state index contributed by atoms with van der Waals surface area (Å²) < 4.78 is 2.36. The second-order valence-electron chi connectivity index (χ2n) is 4.25. The smallest absolute Gasteiger partial charge is 0.188 e. The van der Waals surface area contributed by atoms with Gasteiger partial charge in [-0.2, -0.15) is 4.68 Å². The predicted molar refractivity (Wildman–Crippen MR) is 86.7 cm³/mol. The van der Waals surface area contributed by atoms with Gasteiger partial charge in [0.25, 0.3) is 0 Å². The Morgan fingerprint density at radius 3 is 2.57 bits per heavy atom. The number of hydrogen-bond donors (Lipinski definition) is 1. The maximum Gasteiger partial charge on any atom is 0.188 e. The van der Waals surface area contributed by atoms with Crippen LogP contribution in [-0.4, -0.2) is 20.2 Å². The van der Waals surface area contributed by atoms with Crippen LogP contribution in [-0.2, 0) is 0 Å². The Morgan fingerprint density at radius 1 is 1.05 bits per heavy atom. The Balaban J connectivity index is 2.14. The Bertz CT molecular complexity index is 818. The van der Waals surface area contributed by atoms with Crippen LogP contribution >= 0.6 is 39.1 Å². The van der Waals surface area contributed by atoms with Crippen LogP contribution in [0.5, 0.6) is 0 Å². The molecule has 21 heavy (non-hydrogen) atoms. The summed E-state index contributed by atoms with van der Waals surface area (Å²) in [6, 6.07) is 10.6. The molecule has 0 aliphatic carbocycles. The van der Waals surface area contributed by atoms with Crippen LogP contribution in [0, 0.1) is 0 Å².